The molecule has 0 N–H and O–H groups in total. The van der Waals surface area contributed by atoms with Gasteiger partial charge in [0.05, 0.1) is 10.5 Å². The van der Waals surface area contributed by atoms with E-state index < -0.39 is 10.0 Å². The summed E-state index contributed by atoms with van der Waals surface area (Å²) < 4.78 is 29.1. The monoisotopic (exact) mass is 488 g/mol. The van der Waals surface area contributed by atoms with Crippen LogP contribution in [0.4, 0.5) is 0 Å². The van der Waals surface area contributed by atoms with E-state index in [-0.39, 0.29) is 10.7 Å². The van der Waals surface area contributed by atoms with Crippen molar-refractivity contribution in [3.63, 3.8) is 0 Å². The zero-order chi connectivity index (χ0) is 24.4. The predicted molar refractivity (Wildman–Crippen MR) is 131 cm³/mol. The molecule has 2 aromatic carbocycles. The Labute approximate surface area is 203 Å². The van der Waals surface area contributed by atoms with E-state index in [9.17, 15) is 13.2 Å². The van der Waals surface area contributed by atoms with Crippen LogP contribution in [0.1, 0.15) is 15.9 Å². The summed E-state index contributed by atoms with van der Waals surface area (Å²) in [5.74, 6) is 0.259. The normalized spacial score (nSPS) is 15.2. The zero-order valence-electron chi connectivity index (χ0n) is 19.2. The number of hydrogen-bond donors (Lipinski definition) is 0. The lowest BCUT2D eigenvalue weighted by molar-refractivity contribution is 0.103. The smallest absolute Gasteiger partial charge is 0.243 e. The van der Waals surface area contributed by atoms with Crippen LogP contribution in [0, 0.1) is 0 Å². The fourth-order valence-corrected chi connectivity index (χ4v) is 5.35. The number of benzene rings is 2. The Hall–Kier alpha value is -3.73. The van der Waals surface area contributed by atoms with Gasteiger partial charge in [-0.3, -0.25) is 9.36 Å². The fraction of sp³-hybridized carbons (Fsp3) is 0.200. The first-order valence-corrected chi connectivity index (χ1v) is 12.6. The van der Waals surface area contributed by atoms with E-state index in [4.69, 9.17) is 0 Å². The summed E-state index contributed by atoms with van der Waals surface area (Å²) in [5.41, 5.74) is 2.66. The Bertz CT molecular complexity index is 1410. The summed E-state index contributed by atoms with van der Waals surface area (Å²) in [6, 6.07) is 14.1. The maximum atomic E-state index is 12.9. The van der Waals surface area contributed by atoms with Crippen LogP contribution in [0.2, 0.25) is 0 Å². The Morgan fingerprint density at radius 1 is 0.829 bits per heavy atom. The van der Waals surface area contributed by atoms with E-state index >= 15 is 0 Å². The van der Waals surface area contributed by atoms with Gasteiger partial charge < -0.3 is 4.90 Å². The van der Waals surface area contributed by atoms with Gasteiger partial charge in [-0.1, -0.05) is 36.4 Å². The van der Waals surface area contributed by atoms with Crippen molar-refractivity contribution in [3.05, 3.63) is 90.8 Å². The third-order valence-electron chi connectivity index (χ3n) is 6.07. The summed E-state index contributed by atoms with van der Waals surface area (Å²) in [4.78, 5) is 27.7. The van der Waals surface area contributed by atoms with Gasteiger partial charge >= 0.3 is 0 Å². The first kappa shape index (κ1) is 23.0. The van der Waals surface area contributed by atoms with Gasteiger partial charge in [-0.15, -0.1) is 0 Å². The van der Waals surface area contributed by atoms with Gasteiger partial charge in [-0.2, -0.15) is 4.31 Å². The molecule has 2 aromatic heterocycles. The first-order chi connectivity index (χ1) is 16.9. The van der Waals surface area contributed by atoms with Gasteiger partial charge in [0.15, 0.2) is 5.78 Å². The molecule has 1 saturated heterocycles. The van der Waals surface area contributed by atoms with E-state index in [1.807, 2.05) is 19.2 Å². The molecular weight excluding hydrogens is 464 g/mol. The molecule has 1 aliphatic heterocycles. The van der Waals surface area contributed by atoms with Gasteiger partial charge in [-0.05, 0) is 30.3 Å². The summed E-state index contributed by atoms with van der Waals surface area (Å²) in [6.07, 6.45) is 7.94. The Balaban J connectivity index is 1.29. The molecule has 0 unspecified atom stereocenters. The van der Waals surface area contributed by atoms with Gasteiger partial charge in [0, 0.05) is 56.5 Å². The highest BCUT2D eigenvalue weighted by Crippen LogP contribution is 2.24. The number of nitrogens with zero attached hydrogens (tertiary/aromatic N) is 6. The molecule has 9 nitrogen and oxygen atoms in total. The number of likely N-dealkylation sites (N-methyl/N-ethyl adjacent to an activating group) is 1. The molecule has 0 saturated carbocycles. The molecule has 0 spiro atoms. The number of carbonyl (C=O) groups is 1. The summed E-state index contributed by atoms with van der Waals surface area (Å²) in [5, 5.41) is 0. The highest BCUT2D eigenvalue weighted by Gasteiger charge is 2.27. The van der Waals surface area contributed by atoms with E-state index in [1.165, 1.54) is 16.7 Å². The van der Waals surface area contributed by atoms with E-state index in [1.54, 1.807) is 59.7 Å². The molecule has 3 heterocycles. The number of sulfonamides is 1. The number of rotatable bonds is 6. The summed E-state index contributed by atoms with van der Waals surface area (Å²) in [6.45, 7) is 2.44. The second-order valence-corrected chi connectivity index (χ2v) is 10.3. The van der Waals surface area contributed by atoms with Crippen molar-refractivity contribution in [3.8, 4) is 17.1 Å². The molecular formula is C25H24N6O3S. The molecule has 0 bridgehead atoms. The average Bonchev–Trinajstić information content (AvgIpc) is 3.44. The second-order valence-electron chi connectivity index (χ2n) is 8.38. The van der Waals surface area contributed by atoms with Crippen LogP contribution in [0.5, 0.6) is 0 Å². The lowest BCUT2D eigenvalue weighted by Gasteiger charge is -2.31. The number of hydrogen-bond acceptors (Lipinski definition) is 7. The highest BCUT2D eigenvalue weighted by atomic mass is 32.2. The SMILES string of the molecule is CN1CCN(S(=O)(=O)c2ccc(-c3ccc(C(=O)c4cnc(-n5ccnc5)nc4)cc3)cc2)CC1. The van der Waals surface area contributed by atoms with Gasteiger partial charge in [0.25, 0.3) is 0 Å². The zero-order valence-corrected chi connectivity index (χ0v) is 20.0. The standard InChI is InChI=1S/C25H24N6O3S/c1-29-12-14-31(15-13-29)35(33,34)23-8-6-20(7-9-23)19-2-4-21(5-3-19)24(32)22-16-27-25(28-17-22)30-11-10-26-18-30/h2-11,16-18H,12-15H2,1H3. The van der Waals surface area contributed by atoms with Crippen LogP contribution in [-0.4, -0.2) is 76.2 Å². The van der Waals surface area contributed by atoms with Crippen molar-refractivity contribution < 1.29 is 13.2 Å². The molecule has 10 heteroatoms. The number of ketones is 1. The highest BCUT2D eigenvalue weighted by molar-refractivity contribution is 7.89. The summed E-state index contributed by atoms with van der Waals surface area (Å²) in [7, 11) is -1.52. The molecule has 35 heavy (non-hydrogen) atoms. The van der Waals surface area contributed by atoms with Gasteiger partial charge in [-0.25, -0.2) is 23.4 Å². The molecule has 1 aliphatic rings. The Morgan fingerprint density at radius 2 is 1.43 bits per heavy atom. The van der Waals surface area contributed by atoms with Crippen molar-refractivity contribution in [1.82, 2.24) is 28.7 Å². The Morgan fingerprint density at radius 3 is 2.00 bits per heavy atom. The molecule has 0 atom stereocenters. The lowest BCUT2D eigenvalue weighted by atomic mass is 10.0. The van der Waals surface area contributed by atoms with Gasteiger partial charge in [0.2, 0.25) is 16.0 Å². The van der Waals surface area contributed by atoms with Gasteiger partial charge in [0.1, 0.15) is 6.33 Å². The van der Waals surface area contributed by atoms with Crippen LogP contribution < -0.4 is 0 Å². The van der Waals surface area contributed by atoms with Crippen LogP contribution >= 0.6 is 0 Å². The number of carbonyl (C=O) groups excluding carboxylic acids is 1. The molecule has 4 aromatic rings. The van der Waals surface area contributed by atoms with Crippen molar-refractivity contribution in [2.75, 3.05) is 33.2 Å². The fourth-order valence-electron chi connectivity index (χ4n) is 3.93. The van der Waals surface area contributed by atoms with E-state index in [0.29, 0.717) is 30.2 Å². The van der Waals surface area contributed by atoms with Crippen LogP contribution in [0.15, 0.2) is 84.5 Å². The molecule has 0 amide bonds. The topological polar surface area (TPSA) is 101 Å². The average molecular weight is 489 g/mol. The number of aromatic nitrogens is 4. The van der Waals surface area contributed by atoms with Crippen LogP contribution in [0.3, 0.4) is 0 Å². The van der Waals surface area contributed by atoms with Crippen molar-refractivity contribution >= 4 is 15.8 Å². The molecule has 5 rings (SSSR count). The molecule has 178 valence electrons. The van der Waals surface area contributed by atoms with Crippen molar-refractivity contribution in [2.24, 2.45) is 0 Å². The third-order valence-corrected chi connectivity index (χ3v) is 7.98. The second kappa shape index (κ2) is 9.49. The number of piperazine rings is 1. The minimum absolute atomic E-state index is 0.178. The van der Waals surface area contributed by atoms with E-state index in [0.717, 1.165) is 24.2 Å². The maximum Gasteiger partial charge on any atom is 0.243 e. The Kier molecular flexibility index (Phi) is 6.25. The molecule has 0 radical (unpaired) electrons. The van der Waals surface area contributed by atoms with Crippen LogP contribution in [-0.2, 0) is 10.0 Å². The predicted octanol–water partition coefficient (Wildman–Crippen LogP) is 2.50. The minimum Gasteiger partial charge on any atom is -0.304 e. The van der Waals surface area contributed by atoms with Crippen molar-refractivity contribution in [1.29, 1.82) is 0 Å². The van der Waals surface area contributed by atoms with E-state index in [2.05, 4.69) is 19.9 Å². The molecule has 0 aliphatic carbocycles. The largest absolute Gasteiger partial charge is 0.304 e. The quantitative estimate of drug-likeness (QED) is 0.384. The summed E-state index contributed by atoms with van der Waals surface area (Å²) >= 11 is 0. The lowest BCUT2D eigenvalue weighted by Crippen LogP contribution is -2.46. The molecule has 1 fully saturated rings. The van der Waals surface area contributed by atoms with Crippen LogP contribution in [0.25, 0.3) is 17.1 Å². The number of imidazole rings is 1. The third kappa shape index (κ3) is 4.76. The first-order valence-electron chi connectivity index (χ1n) is 11.2. The van der Waals surface area contributed by atoms with Crippen molar-refractivity contribution in [2.45, 2.75) is 4.90 Å². The maximum absolute atomic E-state index is 12.9. The minimum atomic E-state index is -3.51.